The molecule has 3 aromatic rings. The minimum Gasteiger partial charge on any atom is -0.387 e. The Labute approximate surface area is 232 Å². The lowest BCUT2D eigenvalue weighted by atomic mass is 9.78. The predicted molar refractivity (Wildman–Crippen MR) is 155 cm³/mol. The van der Waals surface area contributed by atoms with E-state index in [1.807, 2.05) is 11.9 Å². The largest absolute Gasteiger partial charge is 0.387 e. The highest BCUT2D eigenvalue weighted by molar-refractivity contribution is 5.80. The number of aryl methyl sites for hydroxylation is 2. The summed E-state index contributed by atoms with van der Waals surface area (Å²) in [5.41, 5.74) is 7.79. The van der Waals surface area contributed by atoms with E-state index in [0.29, 0.717) is 31.8 Å². The van der Waals surface area contributed by atoms with Gasteiger partial charge >= 0.3 is 0 Å². The molecule has 0 radical (unpaired) electrons. The second-order valence-corrected chi connectivity index (χ2v) is 12.7. The summed E-state index contributed by atoms with van der Waals surface area (Å²) < 4.78 is 2.38. The number of hydrogen-bond acceptors (Lipinski definition) is 3. The molecular formula is C33H43N3O3. The molecule has 3 heterocycles. The third-order valence-electron chi connectivity index (χ3n) is 8.87. The monoisotopic (exact) mass is 529 g/mol. The fraction of sp³-hybridized carbons (Fsp3) is 0.515. The first-order valence-electron chi connectivity index (χ1n) is 14.4. The van der Waals surface area contributed by atoms with Crippen LogP contribution in [0.3, 0.4) is 0 Å². The molecule has 5 rings (SSSR count). The van der Waals surface area contributed by atoms with Crippen molar-refractivity contribution in [2.24, 2.45) is 11.3 Å². The molecule has 208 valence electrons. The van der Waals surface area contributed by atoms with Gasteiger partial charge in [-0.1, -0.05) is 51.1 Å². The van der Waals surface area contributed by atoms with Gasteiger partial charge < -0.3 is 19.3 Å². The van der Waals surface area contributed by atoms with Crippen LogP contribution in [0.5, 0.6) is 0 Å². The minimum absolute atomic E-state index is 0.0581. The van der Waals surface area contributed by atoms with E-state index in [-0.39, 0.29) is 29.2 Å². The fourth-order valence-electron chi connectivity index (χ4n) is 7.05. The number of pyridine rings is 1. The van der Waals surface area contributed by atoms with Crippen molar-refractivity contribution < 1.29 is 14.7 Å². The zero-order valence-electron chi connectivity index (χ0n) is 24.1. The summed E-state index contributed by atoms with van der Waals surface area (Å²) in [5.74, 6) is 0.168. The molecule has 1 N–H and O–H groups in total. The van der Waals surface area contributed by atoms with E-state index in [0.717, 1.165) is 18.4 Å². The van der Waals surface area contributed by atoms with Crippen molar-refractivity contribution in [2.75, 3.05) is 26.7 Å². The molecule has 6 heteroatoms. The van der Waals surface area contributed by atoms with E-state index in [9.17, 15) is 9.59 Å². The number of benzene rings is 1. The van der Waals surface area contributed by atoms with Crippen molar-refractivity contribution in [2.45, 2.75) is 71.8 Å². The van der Waals surface area contributed by atoms with E-state index in [4.69, 9.17) is 5.11 Å². The summed E-state index contributed by atoms with van der Waals surface area (Å²) >= 11 is 0. The highest BCUT2D eigenvalue weighted by Crippen LogP contribution is 2.41. The molecule has 1 aliphatic heterocycles. The van der Waals surface area contributed by atoms with Gasteiger partial charge in [0.25, 0.3) is 0 Å². The highest BCUT2D eigenvalue weighted by Gasteiger charge is 2.37. The predicted octanol–water partition coefficient (Wildman–Crippen LogP) is 5.49. The zero-order chi connectivity index (χ0) is 27.9. The first-order chi connectivity index (χ1) is 18.6. The van der Waals surface area contributed by atoms with Gasteiger partial charge in [-0.15, -0.1) is 0 Å². The van der Waals surface area contributed by atoms with E-state index >= 15 is 0 Å². The highest BCUT2D eigenvalue weighted by atomic mass is 16.3. The Hall–Kier alpha value is -3.12. The van der Waals surface area contributed by atoms with Crippen LogP contribution in [0.25, 0.3) is 5.52 Å². The quantitative estimate of drug-likeness (QED) is 0.475. The standard InChI is InChI=1S/C33H43N3O3/c1-22-19-26-13-14-28-27(7-6-8-29(28)36(26)20-22)23-9-11-24(12-10-23)31(33(2,3)4)34(5)32(39)25-15-17-35(18-16-25)30(38)21-37/h9-14,19-20,25,27,31,37H,6-8,15-18,21H2,1-5H3/t27?,31-/m0/s1. The smallest absolute Gasteiger partial charge is 0.248 e. The number of aliphatic hydroxyl groups is 1. The van der Waals surface area contributed by atoms with Crippen molar-refractivity contribution in [3.8, 4) is 0 Å². The number of piperidine rings is 1. The molecule has 1 aromatic carbocycles. The molecule has 6 nitrogen and oxygen atoms in total. The molecule has 1 unspecified atom stereocenters. The van der Waals surface area contributed by atoms with Gasteiger partial charge in [0.05, 0.1) is 6.04 Å². The van der Waals surface area contributed by atoms with E-state index < -0.39 is 6.61 Å². The van der Waals surface area contributed by atoms with Gasteiger partial charge in [-0.3, -0.25) is 9.59 Å². The molecular weight excluding hydrogens is 486 g/mol. The lowest BCUT2D eigenvalue weighted by Gasteiger charge is -2.41. The molecule has 39 heavy (non-hydrogen) atoms. The van der Waals surface area contributed by atoms with Crippen molar-refractivity contribution >= 4 is 17.3 Å². The molecule has 1 saturated heterocycles. The number of carbonyl (C=O) groups is 2. The molecule has 2 amide bonds. The van der Waals surface area contributed by atoms with Crippen LogP contribution in [0.4, 0.5) is 0 Å². The fourth-order valence-corrected chi connectivity index (χ4v) is 7.05. The number of aliphatic hydroxyl groups excluding tert-OH is 1. The second-order valence-electron chi connectivity index (χ2n) is 12.7. The maximum Gasteiger partial charge on any atom is 0.248 e. The molecule has 2 atom stereocenters. The maximum atomic E-state index is 13.6. The number of fused-ring (bicyclic) bond motifs is 3. The van der Waals surface area contributed by atoms with Gasteiger partial charge in [-0.05, 0) is 78.8 Å². The van der Waals surface area contributed by atoms with Crippen LogP contribution in [-0.2, 0) is 16.0 Å². The maximum absolute atomic E-state index is 13.6. The van der Waals surface area contributed by atoms with Crippen molar-refractivity contribution in [3.63, 3.8) is 0 Å². The zero-order valence-corrected chi connectivity index (χ0v) is 24.1. The normalized spacial score (nSPS) is 19.1. The topological polar surface area (TPSA) is 65.3 Å². The van der Waals surface area contributed by atoms with Gasteiger partial charge in [0, 0.05) is 49.4 Å². The number of rotatable bonds is 5. The number of amides is 2. The number of nitrogens with zero attached hydrogens (tertiary/aromatic N) is 3. The van der Waals surface area contributed by atoms with Gasteiger partial charge in [0.2, 0.25) is 11.8 Å². The third-order valence-corrected chi connectivity index (χ3v) is 8.87. The average Bonchev–Trinajstić information content (AvgIpc) is 3.32. The Balaban J connectivity index is 1.36. The van der Waals surface area contributed by atoms with E-state index in [1.165, 1.54) is 34.3 Å². The SMILES string of the molecule is Cc1cc2ccc3c(n2c1)CCCC3c1ccc([C@H](N(C)C(=O)C2CCN(C(=O)CO)CC2)C(C)(C)C)cc1. The molecule has 2 aromatic heterocycles. The van der Waals surface area contributed by atoms with Crippen LogP contribution in [0, 0.1) is 18.3 Å². The Morgan fingerprint density at radius 3 is 2.38 bits per heavy atom. The average molecular weight is 530 g/mol. The van der Waals surface area contributed by atoms with E-state index in [1.54, 1.807) is 4.90 Å². The third kappa shape index (κ3) is 5.36. The van der Waals surface area contributed by atoms with Crippen molar-refractivity contribution in [1.82, 2.24) is 14.2 Å². The Morgan fingerprint density at radius 2 is 1.74 bits per heavy atom. The molecule has 1 fully saturated rings. The summed E-state index contributed by atoms with van der Waals surface area (Å²) in [6.45, 7) is 9.32. The minimum atomic E-state index is -0.469. The van der Waals surface area contributed by atoms with Crippen molar-refractivity contribution in [3.05, 3.63) is 76.6 Å². The first-order valence-corrected chi connectivity index (χ1v) is 14.4. The van der Waals surface area contributed by atoms with Crippen LogP contribution in [0.15, 0.2) is 48.7 Å². The first kappa shape index (κ1) is 27.4. The van der Waals surface area contributed by atoms with Gasteiger partial charge in [-0.25, -0.2) is 0 Å². The number of aromatic nitrogens is 1. The molecule has 0 spiro atoms. The number of likely N-dealkylation sites (tertiary alicyclic amines) is 1. The Bertz CT molecular complexity index is 1340. The van der Waals surface area contributed by atoms with Crippen LogP contribution in [0.2, 0.25) is 0 Å². The van der Waals surface area contributed by atoms with Crippen LogP contribution < -0.4 is 0 Å². The van der Waals surface area contributed by atoms with Crippen LogP contribution >= 0.6 is 0 Å². The molecule has 0 bridgehead atoms. The van der Waals surface area contributed by atoms with E-state index in [2.05, 4.69) is 80.8 Å². The van der Waals surface area contributed by atoms with Gasteiger partial charge in [-0.2, -0.15) is 0 Å². The lowest BCUT2D eigenvalue weighted by Crippen LogP contribution is -2.46. The summed E-state index contributed by atoms with van der Waals surface area (Å²) in [7, 11) is 1.93. The summed E-state index contributed by atoms with van der Waals surface area (Å²) in [6, 6.07) is 15.8. The summed E-state index contributed by atoms with van der Waals surface area (Å²) in [4.78, 5) is 29.1. The van der Waals surface area contributed by atoms with Gasteiger partial charge in [0.1, 0.15) is 6.61 Å². The van der Waals surface area contributed by atoms with Crippen molar-refractivity contribution in [1.29, 1.82) is 0 Å². The molecule has 0 saturated carbocycles. The molecule has 1 aliphatic carbocycles. The van der Waals surface area contributed by atoms with Crippen LogP contribution in [0.1, 0.15) is 86.4 Å². The van der Waals surface area contributed by atoms with Crippen LogP contribution in [-0.4, -0.2) is 57.9 Å². The number of carbonyl (C=O) groups excluding carboxylic acids is 2. The summed E-state index contributed by atoms with van der Waals surface area (Å²) in [5, 5.41) is 9.17. The Morgan fingerprint density at radius 1 is 1.05 bits per heavy atom. The summed E-state index contributed by atoms with van der Waals surface area (Å²) in [6.07, 6.45) is 6.98. The Kier molecular flexibility index (Phi) is 7.60. The second kappa shape index (κ2) is 10.8. The lowest BCUT2D eigenvalue weighted by molar-refractivity contribution is -0.144. The van der Waals surface area contributed by atoms with Gasteiger partial charge in [0.15, 0.2) is 0 Å². The number of hydrogen-bond donors (Lipinski definition) is 1. The molecule has 2 aliphatic rings.